The van der Waals surface area contributed by atoms with Crippen molar-refractivity contribution in [1.82, 2.24) is 9.97 Å². The van der Waals surface area contributed by atoms with Gasteiger partial charge in [0, 0.05) is 17.8 Å². The Morgan fingerprint density at radius 1 is 1.04 bits per heavy atom. The van der Waals surface area contributed by atoms with Crippen LogP contribution in [0, 0.1) is 0 Å². The first-order valence-corrected chi connectivity index (χ1v) is 8.08. The second-order valence-corrected chi connectivity index (χ2v) is 5.51. The Balaban J connectivity index is 1.91. The van der Waals surface area contributed by atoms with Crippen LogP contribution in [0.5, 0.6) is 0 Å². The van der Waals surface area contributed by atoms with Gasteiger partial charge in [0.2, 0.25) is 0 Å². The van der Waals surface area contributed by atoms with E-state index in [1.165, 1.54) is 26.0 Å². The molecular formula is C18H22N4O2. The number of hydrogen-bond donors (Lipinski definition) is 2. The largest absolute Gasteiger partial charge is 0.369 e. The number of Topliss-reactive ketones (excluding diaryl/α,β-unsaturated/α-hetero) is 1. The van der Waals surface area contributed by atoms with E-state index in [9.17, 15) is 9.59 Å². The number of hydrogen-bond acceptors (Lipinski definition) is 5. The number of benzene rings is 1. The second-order valence-electron chi connectivity index (χ2n) is 5.51. The number of unbranched alkanes of at least 4 members (excludes halogenated alkanes) is 2. The fourth-order valence-corrected chi connectivity index (χ4v) is 2.11. The lowest BCUT2D eigenvalue weighted by Gasteiger charge is -2.07. The van der Waals surface area contributed by atoms with Gasteiger partial charge in [-0.2, -0.15) is 0 Å². The third kappa shape index (κ3) is 5.15. The number of nitrogens with zero attached hydrogens (tertiary/aromatic N) is 2. The highest BCUT2D eigenvalue weighted by molar-refractivity contribution is 6.03. The summed E-state index contributed by atoms with van der Waals surface area (Å²) in [6, 6.07) is 6.72. The Kier molecular flexibility index (Phi) is 6.42. The molecule has 0 aliphatic heterocycles. The summed E-state index contributed by atoms with van der Waals surface area (Å²) in [5, 5.41) is 5.91. The Labute approximate surface area is 141 Å². The maximum atomic E-state index is 12.1. The van der Waals surface area contributed by atoms with Crippen molar-refractivity contribution in [3.63, 3.8) is 0 Å². The number of ketones is 1. The molecule has 24 heavy (non-hydrogen) atoms. The topological polar surface area (TPSA) is 84.0 Å². The summed E-state index contributed by atoms with van der Waals surface area (Å²) in [5.41, 5.74) is 1.45. The summed E-state index contributed by atoms with van der Waals surface area (Å²) in [5.74, 6) is 0.310. The average Bonchev–Trinajstić information content (AvgIpc) is 2.59. The molecule has 0 radical (unpaired) electrons. The molecular weight excluding hydrogens is 304 g/mol. The van der Waals surface area contributed by atoms with Crippen LogP contribution in [-0.2, 0) is 0 Å². The highest BCUT2D eigenvalue weighted by Crippen LogP contribution is 2.11. The van der Waals surface area contributed by atoms with Gasteiger partial charge in [0.25, 0.3) is 5.91 Å². The molecule has 0 fully saturated rings. The molecule has 1 aromatic carbocycles. The first kappa shape index (κ1) is 17.6. The van der Waals surface area contributed by atoms with E-state index < -0.39 is 0 Å². The fraction of sp³-hybridized carbons (Fsp3) is 0.333. The van der Waals surface area contributed by atoms with E-state index in [-0.39, 0.29) is 17.4 Å². The van der Waals surface area contributed by atoms with Crippen molar-refractivity contribution in [2.24, 2.45) is 0 Å². The van der Waals surface area contributed by atoms with Gasteiger partial charge in [-0.15, -0.1) is 0 Å². The monoisotopic (exact) mass is 326 g/mol. The zero-order valence-corrected chi connectivity index (χ0v) is 14.0. The van der Waals surface area contributed by atoms with Crippen molar-refractivity contribution >= 4 is 23.2 Å². The molecule has 0 aliphatic carbocycles. The van der Waals surface area contributed by atoms with Crippen LogP contribution in [0.1, 0.15) is 54.0 Å². The lowest BCUT2D eigenvalue weighted by molar-refractivity contribution is 0.101. The lowest BCUT2D eigenvalue weighted by Crippen LogP contribution is -2.14. The van der Waals surface area contributed by atoms with Gasteiger partial charge in [0.15, 0.2) is 5.78 Å². The molecule has 0 saturated carbocycles. The van der Waals surface area contributed by atoms with E-state index in [0.29, 0.717) is 17.1 Å². The number of rotatable bonds is 8. The molecule has 0 aliphatic rings. The molecule has 1 amide bonds. The van der Waals surface area contributed by atoms with Crippen molar-refractivity contribution in [2.75, 3.05) is 17.2 Å². The summed E-state index contributed by atoms with van der Waals surface area (Å²) >= 11 is 0. The molecule has 2 rings (SSSR count). The molecule has 1 heterocycles. The number of carbonyl (C=O) groups excluding carboxylic acids is 2. The van der Waals surface area contributed by atoms with E-state index in [2.05, 4.69) is 27.5 Å². The standard InChI is InChI=1S/C18H22N4O2/c1-3-4-5-10-19-17-12-20-16(11-21-17)18(24)22-15-8-6-14(7-9-15)13(2)23/h6-9,11-12H,3-5,10H2,1-2H3,(H,19,21)(H,22,24). The van der Waals surface area contributed by atoms with Gasteiger partial charge in [0.05, 0.1) is 12.4 Å². The molecule has 2 aromatic rings. The van der Waals surface area contributed by atoms with Gasteiger partial charge in [-0.3, -0.25) is 9.59 Å². The number of carbonyl (C=O) groups is 2. The van der Waals surface area contributed by atoms with Crippen LogP contribution in [0.4, 0.5) is 11.5 Å². The van der Waals surface area contributed by atoms with Crippen LogP contribution < -0.4 is 10.6 Å². The predicted octanol–water partition coefficient (Wildman–Crippen LogP) is 3.53. The molecule has 0 spiro atoms. The predicted molar refractivity (Wildman–Crippen MR) is 94.4 cm³/mol. The number of aromatic nitrogens is 2. The molecule has 2 N–H and O–H groups in total. The first-order valence-electron chi connectivity index (χ1n) is 8.08. The van der Waals surface area contributed by atoms with Crippen molar-refractivity contribution in [3.05, 3.63) is 47.9 Å². The Morgan fingerprint density at radius 2 is 1.79 bits per heavy atom. The summed E-state index contributed by atoms with van der Waals surface area (Å²) in [7, 11) is 0. The van der Waals surface area contributed by atoms with Gasteiger partial charge >= 0.3 is 0 Å². The van der Waals surface area contributed by atoms with Crippen LogP contribution in [0.25, 0.3) is 0 Å². The minimum absolute atomic E-state index is 0.0132. The zero-order chi connectivity index (χ0) is 17.4. The summed E-state index contributed by atoms with van der Waals surface area (Å²) in [6.45, 7) is 4.50. The molecule has 0 atom stereocenters. The lowest BCUT2D eigenvalue weighted by atomic mass is 10.1. The van der Waals surface area contributed by atoms with E-state index in [0.717, 1.165) is 13.0 Å². The normalized spacial score (nSPS) is 10.2. The maximum absolute atomic E-state index is 12.1. The van der Waals surface area contributed by atoms with Crippen LogP contribution in [0.15, 0.2) is 36.7 Å². The number of anilines is 2. The van der Waals surface area contributed by atoms with E-state index >= 15 is 0 Å². The second kappa shape index (κ2) is 8.76. The van der Waals surface area contributed by atoms with Crippen LogP contribution in [0.3, 0.4) is 0 Å². The van der Waals surface area contributed by atoms with Crippen LogP contribution >= 0.6 is 0 Å². The van der Waals surface area contributed by atoms with Gasteiger partial charge in [-0.05, 0) is 37.6 Å². The Hall–Kier alpha value is -2.76. The SMILES string of the molecule is CCCCCNc1cnc(C(=O)Nc2ccc(C(C)=O)cc2)cn1. The van der Waals surface area contributed by atoms with Crippen molar-refractivity contribution in [3.8, 4) is 0 Å². The first-order chi connectivity index (χ1) is 11.6. The number of amides is 1. The third-order valence-corrected chi connectivity index (χ3v) is 3.52. The summed E-state index contributed by atoms with van der Waals surface area (Å²) < 4.78 is 0. The van der Waals surface area contributed by atoms with E-state index in [1.807, 2.05) is 0 Å². The van der Waals surface area contributed by atoms with E-state index in [1.54, 1.807) is 30.5 Å². The molecule has 1 aromatic heterocycles. The minimum Gasteiger partial charge on any atom is -0.369 e. The summed E-state index contributed by atoms with van der Waals surface area (Å²) in [6.07, 6.45) is 6.42. The van der Waals surface area contributed by atoms with Gasteiger partial charge in [-0.1, -0.05) is 19.8 Å². The summed E-state index contributed by atoms with van der Waals surface area (Å²) in [4.78, 5) is 31.7. The van der Waals surface area contributed by atoms with Gasteiger partial charge < -0.3 is 10.6 Å². The molecule has 0 saturated heterocycles. The average molecular weight is 326 g/mol. The van der Waals surface area contributed by atoms with Crippen LogP contribution in [-0.4, -0.2) is 28.2 Å². The number of nitrogens with one attached hydrogen (secondary N) is 2. The van der Waals surface area contributed by atoms with Crippen LogP contribution in [0.2, 0.25) is 0 Å². The van der Waals surface area contributed by atoms with Gasteiger partial charge in [0.1, 0.15) is 11.5 Å². The van der Waals surface area contributed by atoms with Crippen molar-refractivity contribution < 1.29 is 9.59 Å². The molecule has 126 valence electrons. The Bertz CT molecular complexity index is 681. The van der Waals surface area contributed by atoms with Crippen molar-refractivity contribution in [1.29, 1.82) is 0 Å². The smallest absolute Gasteiger partial charge is 0.275 e. The zero-order valence-electron chi connectivity index (χ0n) is 14.0. The third-order valence-electron chi connectivity index (χ3n) is 3.52. The maximum Gasteiger partial charge on any atom is 0.275 e. The molecule has 0 bridgehead atoms. The molecule has 6 heteroatoms. The molecule has 0 unspecified atom stereocenters. The highest BCUT2D eigenvalue weighted by atomic mass is 16.2. The Morgan fingerprint density at radius 3 is 2.38 bits per heavy atom. The quantitative estimate of drug-likeness (QED) is 0.572. The van der Waals surface area contributed by atoms with Crippen molar-refractivity contribution in [2.45, 2.75) is 33.1 Å². The minimum atomic E-state index is -0.337. The fourth-order valence-electron chi connectivity index (χ4n) is 2.11. The van der Waals surface area contributed by atoms with E-state index in [4.69, 9.17) is 0 Å². The highest BCUT2D eigenvalue weighted by Gasteiger charge is 2.09. The molecule has 6 nitrogen and oxygen atoms in total. The van der Waals surface area contributed by atoms with Gasteiger partial charge in [-0.25, -0.2) is 9.97 Å².